The molecule has 9 heterocycles. The van der Waals surface area contributed by atoms with E-state index in [1.54, 1.807) is 0 Å². The fraction of sp³-hybridized carbons (Fsp3) is 0.500. The van der Waals surface area contributed by atoms with Gasteiger partial charge < -0.3 is 65.9 Å². The molecule has 0 amide bonds. The van der Waals surface area contributed by atoms with Crippen LogP contribution in [0.5, 0.6) is 0 Å². The molecule has 3 saturated heterocycles. The summed E-state index contributed by atoms with van der Waals surface area (Å²) in [5.74, 6) is -1.01. The van der Waals surface area contributed by atoms with E-state index in [1.165, 1.54) is 10.9 Å². The molecule has 13 unspecified atom stereocenters. The summed E-state index contributed by atoms with van der Waals surface area (Å²) in [5, 5.41) is 10.7. The minimum Gasteiger partial charge on any atom is -0.390 e. The fourth-order valence-electron chi connectivity index (χ4n) is 7.96. The van der Waals surface area contributed by atoms with Crippen LogP contribution >= 0.6 is 39.1 Å². The lowest BCUT2D eigenvalue weighted by Gasteiger charge is -2.24. The lowest BCUT2D eigenvalue weighted by Crippen LogP contribution is -2.29. The Kier molecular flexibility index (Phi) is 14.9. The topological polar surface area (TPSA) is 588 Å². The first kappa shape index (κ1) is 54.7. The third-order valence-electron chi connectivity index (χ3n) is 11.0. The van der Waals surface area contributed by atoms with Crippen LogP contribution in [-0.2, 0) is 68.3 Å². The van der Waals surface area contributed by atoms with E-state index < -0.39 is 150 Å². The number of phosphoric ester groups is 5. The number of nitrogens with zero attached hydrogens (tertiary/aromatic N) is 9. The van der Waals surface area contributed by atoms with Gasteiger partial charge in [-0.05, 0) is 0 Å². The molecule has 3 aliphatic heterocycles. The highest BCUT2D eigenvalue weighted by Gasteiger charge is 2.49. The highest BCUT2D eigenvalue weighted by molar-refractivity contribution is 7.61. The molecule has 0 aromatic carbocycles. The average molecular weight is 1170 g/mol. The molecule has 3 fully saturated rings. The summed E-state index contributed by atoms with van der Waals surface area (Å²) in [4.78, 5) is 129. The number of hydrogen-bond acceptors (Lipinski definition) is 28. The molecule has 0 bridgehead atoms. The summed E-state index contributed by atoms with van der Waals surface area (Å²) in [5.41, 5.74) is 13.7. The number of aliphatic hydroxyl groups excluding tert-OH is 1. The van der Waals surface area contributed by atoms with E-state index in [9.17, 15) is 71.7 Å². The number of imidazole rings is 3. The molecule has 0 saturated carbocycles. The Morgan fingerprint density at radius 3 is 1.24 bits per heavy atom. The normalized spacial score (nSPS) is 27.7. The Morgan fingerprint density at radius 2 is 0.867 bits per heavy atom. The molecule has 0 aliphatic carbocycles. The number of phosphoric acid groups is 5. The molecule has 9 rings (SSSR count). The van der Waals surface area contributed by atoms with Crippen molar-refractivity contribution in [3.8, 4) is 0 Å². The maximum atomic E-state index is 13.4. The predicted molar refractivity (Wildman–Crippen MR) is 240 cm³/mol. The highest BCUT2D eigenvalue weighted by Crippen LogP contribution is 2.64. The van der Waals surface area contributed by atoms with Gasteiger partial charge in [-0.2, -0.15) is 23.6 Å². The number of nitrogens with two attached hydrogens (primary N) is 3. The van der Waals surface area contributed by atoms with Gasteiger partial charge in [0.2, 0.25) is 17.8 Å². The van der Waals surface area contributed by atoms with E-state index in [0.717, 1.165) is 21.8 Å². The predicted octanol–water partition coefficient (Wildman–Crippen LogP) is -2.30. The molecule has 3 aliphatic rings. The Morgan fingerprint density at radius 1 is 0.533 bits per heavy atom. The molecule has 40 nitrogen and oxygen atoms in total. The number of ether oxygens (including phenoxy) is 3. The van der Waals surface area contributed by atoms with E-state index in [2.05, 4.69) is 58.0 Å². The second-order valence-corrected chi connectivity index (χ2v) is 23.4. The third-order valence-corrected chi connectivity index (χ3v) is 16.8. The van der Waals surface area contributed by atoms with Crippen molar-refractivity contribution in [1.29, 1.82) is 0 Å². The van der Waals surface area contributed by atoms with E-state index in [1.807, 2.05) is 0 Å². The molecule has 6 aromatic rings. The van der Waals surface area contributed by atoms with Crippen LogP contribution in [0.3, 0.4) is 0 Å². The SMILES string of the molecule is Nc1nc2c(ncn2C2CC(O)C(COP(=O)(O)OP(=O)(O)OC3CC(n4cnc5c(=O)[nH]c(N)nc54)OC3COP(=O)(O)OP(=O)(O)OC3CC(n4cnc5c(=O)[nH]c(N)nc54)OC3COP(=O)(O)O)O2)c(=O)[nH]1. The van der Waals surface area contributed by atoms with Gasteiger partial charge in [-0.1, -0.05) is 0 Å². The number of H-pyrrole nitrogens is 3. The molecule has 75 heavy (non-hydrogen) atoms. The second kappa shape index (κ2) is 20.4. The Balaban J connectivity index is 0.874. The maximum Gasteiger partial charge on any atom is 0.481 e. The third kappa shape index (κ3) is 12.4. The van der Waals surface area contributed by atoms with Crippen LogP contribution in [0.4, 0.5) is 17.8 Å². The van der Waals surface area contributed by atoms with E-state index in [-0.39, 0.29) is 51.8 Å². The van der Waals surface area contributed by atoms with Crippen molar-refractivity contribution in [2.75, 3.05) is 37.0 Å². The van der Waals surface area contributed by atoms with Crippen LogP contribution in [-0.4, -0.2) is 149 Å². The van der Waals surface area contributed by atoms with Crippen molar-refractivity contribution in [2.24, 2.45) is 0 Å². The van der Waals surface area contributed by atoms with Gasteiger partial charge in [0.05, 0.1) is 44.9 Å². The van der Waals surface area contributed by atoms with Gasteiger partial charge in [-0.25, -0.2) is 37.8 Å². The number of nitrogen functional groups attached to an aromatic ring is 3. The Labute approximate surface area is 412 Å². The largest absolute Gasteiger partial charge is 0.481 e. The molecule has 410 valence electrons. The summed E-state index contributed by atoms with van der Waals surface area (Å²) in [6.45, 7) is -3.24. The van der Waals surface area contributed by atoms with Gasteiger partial charge in [0.1, 0.15) is 49.2 Å². The average Bonchev–Trinajstić information content (AvgIpc) is 4.14. The number of nitrogens with one attached hydrogen (secondary N) is 3. The Hall–Kier alpha value is -5.08. The standard InChI is InChI=1S/C30H40N15O25P5/c31-28-37-22-19(25(47)40-28)34-7-43(22)16-1-10(46)13(64-16)4-62-72(53,54)69-75(59,60)68-12-3-18(45-9-36-21-24(45)39-30(33)42-27(21)49)66-15(12)6-63-73(55,56)70-74(57,58)67-11-2-17(65-14(11)5-61-71(50,51)52)44-8-35-20-23(44)38-29(32)41-26(20)48/h7-18,46H,1-6H2,(H,53,54)(H,55,56)(H,57,58)(H,59,60)(H2,50,51,52)(H3,31,37,40,47)(H3,32,38,41,48)(H3,33,39,42,49). The summed E-state index contributed by atoms with van der Waals surface area (Å²) < 4.78 is 119. The minimum absolute atomic E-state index is 0.0282. The summed E-state index contributed by atoms with van der Waals surface area (Å²) >= 11 is 0. The monoisotopic (exact) mass is 1170 g/mol. The summed E-state index contributed by atoms with van der Waals surface area (Å²) in [7, 11) is -28.4. The van der Waals surface area contributed by atoms with Crippen molar-refractivity contribution < 1.29 is 103 Å². The van der Waals surface area contributed by atoms with Gasteiger partial charge in [0.15, 0.2) is 33.5 Å². The van der Waals surface area contributed by atoms with Gasteiger partial charge in [0.25, 0.3) is 16.7 Å². The van der Waals surface area contributed by atoms with Crippen LogP contribution in [0, 0.1) is 0 Å². The number of aromatic nitrogens is 12. The van der Waals surface area contributed by atoms with Crippen molar-refractivity contribution in [3.05, 3.63) is 50.0 Å². The Bertz CT molecular complexity index is 3600. The molecular weight excluding hydrogens is 1130 g/mol. The van der Waals surface area contributed by atoms with Crippen LogP contribution in [0.15, 0.2) is 33.4 Å². The van der Waals surface area contributed by atoms with Crippen molar-refractivity contribution in [2.45, 2.75) is 74.6 Å². The number of hydrogen-bond donors (Lipinski definition) is 13. The van der Waals surface area contributed by atoms with E-state index in [0.29, 0.717) is 0 Å². The number of aliphatic hydroxyl groups is 1. The summed E-state index contributed by atoms with van der Waals surface area (Å²) in [6.07, 6.45) is -11.9. The van der Waals surface area contributed by atoms with Gasteiger partial charge in [-0.15, -0.1) is 0 Å². The minimum atomic E-state index is -5.87. The first-order valence-corrected chi connectivity index (χ1v) is 28.4. The second-order valence-electron chi connectivity index (χ2n) is 16.2. The van der Waals surface area contributed by atoms with Crippen LogP contribution in [0.2, 0.25) is 0 Å². The van der Waals surface area contributed by atoms with Crippen molar-refractivity contribution >= 4 is 90.5 Å². The van der Waals surface area contributed by atoms with Gasteiger partial charge >= 0.3 is 39.1 Å². The first-order valence-electron chi connectivity index (χ1n) is 20.9. The molecule has 0 spiro atoms. The summed E-state index contributed by atoms with van der Waals surface area (Å²) in [6, 6.07) is 0. The van der Waals surface area contributed by atoms with Crippen molar-refractivity contribution in [3.63, 3.8) is 0 Å². The lowest BCUT2D eigenvalue weighted by molar-refractivity contribution is -0.0465. The van der Waals surface area contributed by atoms with Crippen molar-refractivity contribution in [1.82, 2.24) is 58.6 Å². The molecule has 6 aromatic heterocycles. The molecule has 0 radical (unpaired) electrons. The van der Waals surface area contributed by atoms with Gasteiger partial charge in [0, 0.05) is 19.3 Å². The quantitative estimate of drug-likeness (QED) is 0.0358. The first-order chi connectivity index (χ1) is 35.0. The number of aromatic amines is 3. The molecule has 13 atom stereocenters. The number of anilines is 3. The smallest absolute Gasteiger partial charge is 0.390 e. The fourth-order valence-corrected chi connectivity index (χ4v) is 12.9. The zero-order chi connectivity index (χ0) is 54.2. The molecule has 16 N–H and O–H groups in total. The van der Waals surface area contributed by atoms with E-state index >= 15 is 0 Å². The van der Waals surface area contributed by atoms with Crippen LogP contribution < -0.4 is 33.9 Å². The molecular formula is C30H40N15O25P5. The number of rotatable bonds is 20. The molecule has 45 heteroatoms. The van der Waals surface area contributed by atoms with Gasteiger partial charge in [-0.3, -0.25) is 65.7 Å². The maximum absolute atomic E-state index is 13.4. The highest BCUT2D eigenvalue weighted by atomic mass is 31.3. The number of fused-ring (bicyclic) bond motifs is 3. The van der Waals surface area contributed by atoms with E-state index in [4.69, 9.17) is 49.5 Å². The lowest BCUT2D eigenvalue weighted by atomic mass is 10.2. The zero-order valence-corrected chi connectivity index (χ0v) is 41.6. The van der Waals surface area contributed by atoms with Crippen LogP contribution in [0.1, 0.15) is 37.9 Å². The zero-order valence-electron chi connectivity index (χ0n) is 37.1. The van der Waals surface area contributed by atoms with Crippen LogP contribution in [0.25, 0.3) is 33.5 Å².